The molecule has 0 aliphatic rings. The first-order valence-corrected chi connectivity index (χ1v) is 7.38. The van der Waals surface area contributed by atoms with E-state index in [9.17, 15) is 18.7 Å². The van der Waals surface area contributed by atoms with Crippen molar-refractivity contribution in [2.75, 3.05) is 6.54 Å². The Hall–Kier alpha value is -1.69. The average molecular weight is 360 g/mol. The molecule has 2 N–H and O–H groups in total. The van der Waals surface area contributed by atoms with Gasteiger partial charge in [-0.15, -0.1) is 0 Å². The summed E-state index contributed by atoms with van der Waals surface area (Å²) in [7, 11) is 0. The summed E-state index contributed by atoms with van der Waals surface area (Å²) < 4.78 is 26.7. The van der Waals surface area contributed by atoms with E-state index < -0.39 is 23.1 Å². The van der Waals surface area contributed by atoms with Crippen molar-refractivity contribution in [3.05, 3.63) is 69.2 Å². The molecule has 1 unspecified atom stereocenters. The fourth-order valence-electron chi connectivity index (χ4n) is 2.05. The Morgan fingerprint density at radius 2 is 1.96 bits per heavy atom. The molecular weight excluding hydrogens is 347 g/mol. The highest BCUT2D eigenvalue weighted by Gasteiger charge is 2.28. The van der Waals surface area contributed by atoms with E-state index >= 15 is 0 Å². The normalized spacial score (nSPS) is 13.5. The first-order chi connectivity index (χ1) is 10.7. The summed E-state index contributed by atoms with van der Waals surface area (Å²) in [6.07, 6.45) is 0. The Bertz CT molecular complexity index is 751. The van der Waals surface area contributed by atoms with Gasteiger partial charge in [0.15, 0.2) is 0 Å². The Morgan fingerprint density at radius 3 is 2.61 bits per heavy atom. The molecular formula is C16H13Cl2F2NO2. The number of carbonyl (C=O) groups excluding carboxylic acids is 1. The molecule has 0 spiro atoms. The van der Waals surface area contributed by atoms with Crippen LogP contribution in [-0.2, 0) is 5.60 Å². The van der Waals surface area contributed by atoms with Gasteiger partial charge in [-0.05, 0) is 25.1 Å². The lowest BCUT2D eigenvalue weighted by Crippen LogP contribution is -2.39. The van der Waals surface area contributed by atoms with E-state index in [1.54, 1.807) is 6.07 Å². The van der Waals surface area contributed by atoms with Gasteiger partial charge in [-0.1, -0.05) is 35.3 Å². The molecule has 1 amide bonds. The predicted octanol–water partition coefficient (Wildman–Crippen LogP) is 3.91. The molecule has 0 aromatic heterocycles. The molecule has 0 saturated heterocycles. The van der Waals surface area contributed by atoms with Crippen LogP contribution in [-0.4, -0.2) is 17.6 Å². The van der Waals surface area contributed by atoms with Gasteiger partial charge >= 0.3 is 0 Å². The molecule has 0 radical (unpaired) electrons. The fourth-order valence-corrected chi connectivity index (χ4v) is 2.43. The minimum absolute atomic E-state index is 0.0827. The van der Waals surface area contributed by atoms with Crippen molar-refractivity contribution < 1.29 is 18.7 Å². The lowest BCUT2D eigenvalue weighted by atomic mass is 9.95. The summed E-state index contributed by atoms with van der Waals surface area (Å²) in [5.41, 5.74) is -1.72. The van der Waals surface area contributed by atoms with Gasteiger partial charge in [-0.3, -0.25) is 4.79 Å². The van der Waals surface area contributed by atoms with Gasteiger partial charge in [0.25, 0.3) is 5.91 Å². The largest absolute Gasteiger partial charge is 0.383 e. The summed E-state index contributed by atoms with van der Waals surface area (Å²) in [6, 6.07) is 7.38. The molecule has 2 aromatic carbocycles. The lowest BCUT2D eigenvalue weighted by molar-refractivity contribution is 0.0494. The van der Waals surface area contributed by atoms with Crippen LogP contribution in [0.3, 0.4) is 0 Å². The van der Waals surface area contributed by atoms with Crippen LogP contribution < -0.4 is 5.32 Å². The number of benzene rings is 2. The van der Waals surface area contributed by atoms with E-state index in [0.29, 0.717) is 6.07 Å². The van der Waals surface area contributed by atoms with Gasteiger partial charge < -0.3 is 10.4 Å². The number of hydrogen-bond acceptors (Lipinski definition) is 2. The van der Waals surface area contributed by atoms with Crippen molar-refractivity contribution in [2.24, 2.45) is 0 Å². The van der Waals surface area contributed by atoms with Crippen LogP contribution in [0.2, 0.25) is 10.0 Å². The van der Waals surface area contributed by atoms with Gasteiger partial charge in [-0.2, -0.15) is 0 Å². The van der Waals surface area contributed by atoms with Crippen LogP contribution in [0.4, 0.5) is 8.78 Å². The third-order valence-corrected chi connectivity index (χ3v) is 4.12. The van der Waals surface area contributed by atoms with Gasteiger partial charge in [0.1, 0.15) is 17.2 Å². The predicted molar refractivity (Wildman–Crippen MR) is 84.7 cm³/mol. The van der Waals surface area contributed by atoms with E-state index in [-0.39, 0.29) is 27.7 Å². The lowest BCUT2D eigenvalue weighted by Gasteiger charge is -2.25. The highest BCUT2D eigenvalue weighted by Crippen LogP contribution is 2.26. The van der Waals surface area contributed by atoms with Crippen LogP contribution in [0.1, 0.15) is 22.8 Å². The molecule has 2 rings (SSSR count). The van der Waals surface area contributed by atoms with E-state index in [4.69, 9.17) is 23.2 Å². The molecule has 0 aliphatic carbocycles. The number of nitrogens with one attached hydrogen (secondary N) is 1. The first kappa shape index (κ1) is 17.7. The Labute approximate surface area is 141 Å². The van der Waals surface area contributed by atoms with Gasteiger partial charge in [0.05, 0.1) is 22.2 Å². The Morgan fingerprint density at radius 1 is 1.26 bits per heavy atom. The van der Waals surface area contributed by atoms with Crippen molar-refractivity contribution in [2.45, 2.75) is 12.5 Å². The SMILES string of the molecule is CC(O)(CNC(=O)c1cccc(Cl)c1Cl)c1ccc(F)cc1F. The molecule has 2 aromatic rings. The highest BCUT2D eigenvalue weighted by molar-refractivity contribution is 6.43. The molecule has 3 nitrogen and oxygen atoms in total. The molecule has 0 aliphatic heterocycles. The summed E-state index contributed by atoms with van der Waals surface area (Å²) in [4.78, 5) is 12.1. The van der Waals surface area contributed by atoms with E-state index in [1.807, 2.05) is 0 Å². The van der Waals surface area contributed by atoms with E-state index in [2.05, 4.69) is 5.32 Å². The van der Waals surface area contributed by atoms with Crippen molar-refractivity contribution >= 4 is 29.1 Å². The third-order valence-electron chi connectivity index (χ3n) is 3.30. The smallest absolute Gasteiger partial charge is 0.252 e. The Kier molecular flexibility index (Phi) is 5.24. The zero-order chi connectivity index (χ0) is 17.2. The highest BCUT2D eigenvalue weighted by atomic mass is 35.5. The van der Waals surface area contributed by atoms with Crippen LogP contribution in [0.25, 0.3) is 0 Å². The monoisotopic (exact) mass is 359 g/mol. The second-order valence-electron chi connectivity index (χ2n) is 5.18. The average Bonchev–Trinajstić information content (AvgIpc) is 2.47. The van der Waals surface area contributed by atoms with E-state index in [0.717, 1.165) is 12.1 Å². The van der Waals surface area contributed by atoms with Gasteiger partial charge in [0, 0.05) is 11.6 Å². The zero-order valence-corrected chi connectivity index (χ0v) is 13.6. The maximum atomic E-state index is 13.8. The molecule has 1 atom stereocenters. The standard InChI is InChI=1S/C16H13Cl2F2NO2/c1-16(23,11-6-5-9(19)7-13(11)20)8-21-15(22)10-3-2-4-12(17)14(10)18/h2-7,23H,8H2,1H3,(H,21,22). The first-order valence-electron chi connectivity index (χ1n) is 6.62. The molecule has 0 fully saturated rings. The third kappa shape index (κ3) is 3.99. The quantitative estimate of drug-likeness (QED) is 0.869. The zero-order valence-electron chi connectivity index (χ0n) is 12.0. The van der Waals surface area contributed by atoms with Crippen LogP contribution in [0.5, 0.6) is 0 Å². The van der Waals surface area contributed by atoms with E-state index in [1.165, 1.54) is 19.1 Å². The summed E-state index contributed by atoms with van der Waals surface area (Å²) in [6.45, 7) is 1.01. The maximum Gasteiger partial charge on any atom is 0.252 e. The minimum atomic E-state index is -1.72. The maximum absolute atomic E-state index is 13.8. The molecule has 122 valence electrons. The molecule has 0 heterocycles. The summed E-state index contributed by atoms with van der Waals surface area (Å²) in [5.74, 6) is -2.22. The number of hydrogen-bond donors (Lipinski definition) is 2. The van der Waals surface area contributed by atoms with Gasteiger partial charge in [0.2, 0.25) is 0 Å². The number of halogens is 4. The number of carbonyl (C=O) groups is 1. The summed E-state index contributed by atoms with van der Waals surface area (Å²) in [5, 5.41) is 13.1. The van der Waals surface area contributed by atoms with Crippen molar-refractivity contribution in [1.82, 2.24) is 5.32 Å². The number of rotatable bonds is 4. The van der Waals surface area contributed by atoms with Crippen molar-refractivity contribution in [3.8, 4) is 0 Å². The molecule has 23 heavy (non-hydrogen) atoms. The Balaban J connectivity index is 2.15. The second-order valence-corrected chi connectivity index (χ2v) is 5.97. The van der Waals surface area contributed by atoms with Crippen LogP contribution in [0, 0.1) is 11.6 Å². The summed E-state index contributed by atoms with van der Waals surface area (Å²) >= 11 is 11.8. The van der Waals surface area contributed by atoms with Crippen LogP contribution in [0.15, 0.2) is 36.4 Å². The van der Waals surface area contributed by atoms with Crippen molar-refractivity contribution in [3.63, 3.8) is 0 Å². The van der Waals surface area contributed by atoms with Gasteiger partial charge in [-0.25, -0.2) is 8.78 Å². The second kappa shape index (κ2) is 6.83. The van der Waals surface area contributed by atoms with Crippen molar-refractivity contribution in [1.29, 1.82) is 0 Å². The number of amides is 1. The van der Waals surface area contributed by atoms with Crippen LogP contribution >= 0.6 is 23.2 Å². The number of aliphatic hydroxyl groups is 1. The topological polar surface area (TPSA) is 49.3 Å². The molecule has 0 bridgehead atoms. The minimum Gasteiger partial charge on any atom is -0.383 e. The molecule has 0 saturated carbocycles. The molecule has 7 heteroatoms. The fraction of sp³-hybridized carbons (Fsp3) is 0.188.